The molecular weight excluding hydrogens is 360 g/mol. The molecule has 0 saturated carbocycles. The van der Waals surface area contributed by atoms with Crippen LogP contribution in [0.25, 0.3) is 0 Å². The number of carbonyl (C=O) groups excluding carboxylic acids is 1. The predicted molar refractivity (Wildman–Crippen MR) is 102 cm³/mol. The van der Waals surface area contributed by atoms with E-state index in [9.17, 15) is 4.79 Å². The van der Waals surface area contributed by atoms with E-state index in [4.69, 9.17) is 9.57 Å². The molecule has 1 aliphatic rings. The van der Waals surface area contributed by atoms with E-state index in [1.165, 1.54) is 4.80 Å². The average molecular weight is 388 g/mol. The molecule has 1 aliphatic heterocycles. The van der Waals surface area contributed by atoms with Crippen LogP contribution in [-0.2, 0) is 23.2 Å². The van der Waals surface area contributed by atoms with Crippen molar-refractivity contribution in [1.82, 2.24) is 30.6 Å². The smallest absolute Gasteiger partial charge is 0.410 e. The van der Waals surface area contributed by atoms with Crippen LogP contribution in [0, 0.1) is 0 Å². The van der Waals surface area contributed by atoms with Crippen molar-refractivity contribution in [3.63, 3.8) is 0 Å². The zero-order chi connectivity index (χ0) is 20.1. The molecule has 2 heterocycles. The Morgan fingerprint density at radius 3 is 2.64 bits per heavy atom. The monoisotopic (exact) mass is 388 g/mol. The fourth-order valence-corrected chi connectivity index (χ4v) is 3.11. The van der Waals surface area contributed by atoms with Gasteiger partial charge in [-0.05, 0) is 44.4 Å². The molecule has 0 radical (unpaired) electrons. The Kier molecular flexibility index (Phi) is 6.25. The van der Waals surface area contributed by atoms with Gasteiger partial charge in [0.1, 0.15) is 5.60 Å². The Balaban J connectivity index is 1.64. The number of benzene rings is 1. The summed E-state index contributed by atoms with van der Waals surface area (Å²) < 4.78 is 5.59. The first-order valence-corrected chi connectivity index (χ1v) is 9.46. The maximum absolute atomic E-state index is 12.8. The number of likely N-dealkylation sites (tertiary alicyclic amines) is 1. The zero-order valence-electron chi connectivity index (χ0n) is 16.8. The Morgan fingerprint density at radius 2 is 2.00 bits per heavy atom. The standard InChI is InChI=1S/C19H28N6O3/c1-19(2,3)28-18(26)25-12-15(22-27-13-14-8-6-5-7-9-14)10-11-16(25)17-20-23-24(4)21-17/h5-9,15-16,22H,10-13H2,1-4H3/t15-,16+/m0/s1. The minimum Gasteiger partial charge on any atom is -0.444 e. The van der Waals surface area contributed by atoms with Gasteiger partial charge in [0.25, 0.3) is 0 Å². The van der Waals surface area contributed by atoms with Gasteiger partial charge in [0.05, 0.1) is 25.7 Å². The van der Waals surface area contributed by atoms with Crippen LogP contribution in [0.2, 0.25) is 0 Å². The van der Waals surface area contributed by atoms with Gasteiger partial charge in [-0.2, -0.15) is 10.3 Å². The lowest BCUT2D eigenvalue weighted by Crippen LogP contribution is -2.50. The lowest BCUT2D eigenvalue weighted by Gasteiger charge is -2.38. The normalized spacial score (nSPS) is 20.2. The summed E-state index contributed by atoms with van der Waals surface area (Å²) in [6.45, 7) is 6.45. The van der Waals surface area contributed by atoms with E-state index in [2.05, 4.69) is 20.9 Å². The molecule has 0 aliphatic carbocycles. The number of rotatable bonds is 5. The maximum atomic E-state index is 12.8. The Labute approximate surface area is 164 Å². The van der Waals surface area contributed by atoms with Crippen molar-refractivity contribution in [3.8, 4) is 0 Å². The number of piperidine rings is 1. The van der Waals surface area contributed by atoms with Crippen LogP contribution in [0.15, 0.2) is 30.3 Å². The van der Waals surface area contributed by atoms with E-state index in [0.29, 0.717) is 25.4 Å². The summed E-state index contributed by atoms with van der Waals surface area (Å²) in [7, 11) is 1.71. The van der Waals surface area contributed by atoms with Crippen LogP contribution in [-0.4, -0.2) is 49.4 Å². The van der Waals surface area contributed by atoms with Crippen molar-refractivity contribution in [2.45, 2.75) is 57.9 Å². The summed E-state index contributed by atoms with van der Waals surface area (Å²) in [6.07, 6.45) is 1.12. The van der Waals surface area contributed by atoms with Crippen molar-refractivity contribution in [1.29, 1.82) is 0 Å². The highest BCUT2D eigenvalue weighted by Gasteiger charge is 2.37. The van der Waals surface area contributed by atoms with Crippen LogP contribution >= 0.6 is 0 Å². The zero-order valence-corrected chi connectivity index (χ0v) is 16.8. The second-order valence-electron chi connectivity index (χ2n) is 7.95. The first kappa shape index (κ1) is 20.2. The van der Waals surface area contributed by atoms with Crippen molar-refractivity contribution < 1.29 is 14.4 Å². The van der Waals surface area contributed by atoms with Crippen molar-refractivity contribution in [2.24, 2.45) is 7.05 Å². The number of carbonyl (C=O) groups is 1. The molecule has 1 fully saturated rings. The number of hydroxylamine groups is 1. The molecule has 0 spiro atoms. The molecule has 28 heavy (non-hydrogen) atoms. The Hall–Kier alpha value is -2.52. The number of amides is 1. The largest absolute Gasteiger partial charge is 0.444 e. The molecule has 152 valence electrons. The molecule has 1 N–H and O–H groups in total. The van der Waals surface area contributed by atoms with Gasteiger partial charge >= 0.3 is 6.09 Å². The Morgan fingerprint density at radius 1 is 1.25 bits per heavy atom. The number of hydrogen-bond donors (Lipinski definition) is 1. The minimum absolute atomic E-state index is 0.0100. The molecule has 0 unspecified atom stereocenters. The summed E-state index contributed by atoms with van der Waals surface area (Å²) in [6, 6.07) is 9.65. The molecular formula is C19H28N6O3. The van der Waals surface area contributed by atoms with Crippen LogP contribution in [0.4, 0.5) is 4.79 Å². The summed E-state index contributed by atoms with van der Waals surface area (Å²) in [5.41, 5.74) is 3.58. The lowest BCUT2D eigenvalue weighted by molar-refractivity contribution is -0.0344. The molecule has 1 aromatic carbocycles. The third kappa shape index (κ3) is 5.49. The highest BCUT2D eigenvalue weighted by molar-refractivity contribution is 5.69. The van der Waals surface area contributed by atoms with E-state index in [-0.39, 0.29) is 18.2 Å². The van der Waals surface area contributed by atoms with Gasteiger partial charge in [0.15, 0.2) is 5.82 Å². The predicted octanol–water partition coefficient (Wildman–Crippen LogP) is 2.37. The molecule has 2 aromatic rings. The molecule has 1 amide bonds. The number of ether oxygens (including phenoxy) is 1. The van der Waals surface area contributed by atoms with Gasteiger partial charge in [-0.1, -0.05) is 30.3 Å². The van der Waals surface area contributed by atoms with Gasteiger partial charge in [0.2, 0.25) is 0 Å². The number of nitrogens with one attached hydrogen (secondary N) is 1. The fourth-order valence-electron chi connectivity index (χ4n) is 3.11. The molecule has 9 heteroatoms. The number of hydrogen-bond acceptors (Lipinski definition) is 7. The first-order valence-electron chi connectivity index (χ1n) is 9.46. The highest BCUT2D eigenvalue weighted by Crippen LogP contribution is 2.30. The highest BCUT2D eigenvalue weighted by atomic mass is 16.6. The average Bonchev–Trinajstić information content (AvgIpc) is 3.07. The van der Waals surface area contributed by atoms with Crippen LogP contribution < -0.4 is 5.48 Å². The summed E-state index contributed by atoms with van der Waals surface area (Å²) in [5, 5.41) is 12.3. The molecule has 1 saturated heterocycles. The maximum Gasteiger partial charge on any atom is 0.410 e. The summed E-state index contributed by atoms with van der Waals surface area (Å²) >= 11 is 0. The Bertz CT molecular complexity index is 773. The van der Waals surface area contributed by atoms with Gasteiger partial charge in [0, 0.05) is 6.54 Å². The van der Waals surface area contributed by atoms with Gasteiger partial charge in [-0.3, -0.25) is 9.74 Å². The van der Waals surface area contributed by atoms with E-state index in [0.717, 1.165) is 12.0 Å². The fraction of sp³-hybridized carbons (Fsp3) is 0.579. The second kappa shape index (κ2) is 8.66. The van der Waals surface area contributed by atoms with Crippen LogP contribution in [0.1, 0.15) is 51.0 Å². The topological polar surface area (TPSA) is 94.4 Å². The number of aryl methyl sites for hydroxylation is 1. The molecule has 2 atom stereocenters. The van der Waals surface area contributed by atoms with E-state index in [1.807, 2.05) is 51.1 Å². The lowest BCUT2D eigenvalue weighted by atomic mass is 9.98. The summed E-state index contributed by atoms with van der Waals surface area (Å²) in [4.78, 5) is 21.5. The van der Waals surface area contributed by atoms with Gasteiger partial charge in [-0.25, -0.2) is 4.79 Å². The van der Waals surface area contributed by atoms with Crippen LogP contribution in [0.3, 0.4) is 0 Å². The third-order valence-electron chi connectivity index (χ3n) is 4.36. The molecule has 0 bridgehead atoms. The van der Waals surface area contributed by atoms with Gasteiger partial charge < -0.3 is 4.74 Å². The number of nitrogens with zero attached hydrogens (tertiary/aromatic N) is 5. The molecule has 3 rings (SSSR count). The quantitative estimate of drug-likeness (QED) is 0.786. The van der Waals surface area contributed by atoms with E-state index < -0.39 is 5.60 Å². The van der Waals surface area contributed by atoms with Crippen molar-refractivity contribution in [2.75, 3.05) is 6.54 Å². The molecule has 1 aromatic heterocycles. The van der Waals surface area contributed by atoms with Crippen molar-refractivity contribution >= 4 is 6.09 Å². The van der Waals surface area contributed by atoms with Gasteiger partial charge in [-0.15, -0.1) is 10.2 Å². The first-order chi connectivity index (χ1) is 13.3. The van der Waals surface area contributed by atoms with Crippen molar-refractivity contribution in [3.05, 3.63) is 41.7 Å². The number of tetrazole rings is 1. The second-order valence-corrected chi connectivity index (χ2v) is 7.95. The van der Waals surface area contributed by atoms with E-state index in [1.54, 1.807) is 11.9 Å². The SMILES string of the molecule is Cn1nnc([C@H]2CC[C@H](NOCc3ccccc3)CN2C(=O)OC(C)(C)C)n1. The molecule has 9 nitrogen and oxygen atoms in total. The number of aromatic nitrogens is 4. The third-order valence-corrected chi connectivity index (χ3v) is 4.36. The summed E-state index contributed by atoms with van der Waals surface area (Å²) in [5.74, 6) is 0.525. The van der Waals surface area contributed by atoms with Crippen LogP contribution in [0.5, 0.6) is 0 Å². The minimum atomic E-state index is -0.582. The van der Waals surface area contributed by atoms with E-state index >= 15 is 0 Å².